The van der Waals surface area contributed by atoms with Crippen molar-refractivity contribution >= 4 is 16.0 Å². The number of nitrogens with one attached hydrogen (secondary N) is 1. The van der Waals surface area contributed by atoms with Crippen LogP contribution in [0, 0.1) is 5.92 Å². The monoisotopic (exact) mass is 284 g/mol. The van der Waals surface area contributed by atoms with Crippen LogP contribution in [0.25, 0.3) is 0 Å². The van der Waals surface area contributed by atoms with Crippen LogP contribution in [0.3, 0.4) is 0 Å². The van der Waals surface area contributed by atoms with Gasteiger partial charge in [-0.2, -0.15) is 0 Å². The molecule has 0 aliphatic rings. The molecule has 0 saturated heterocycles. The molecule has 0 fully saturated rings. The van der Waals surface area contributed by atoms with E-state index < -0.39 is 21.9 Å². The Morgan fingerprint density at radius 3 is 2.37 bits per heavy atom. The third-order valence-corrected chi connectivity index (χ3v) is 3.69. The van der Waals surface area contributed by atoms with Crippen molar-refractivity contribution in [2.24, 2.45) is 5.92 Å². The maximum atomic E-state index is 11.8. The van der Waals surface area contributed by atoms with Crippen molar-refractivity contribution in [3.63, 3.8) is 0 Å². The topological polar surface area (TPSA) is 86.3 Å². The summed E-state index contributed by atoms with van der Waals surface area (Å²) >= 11 is 0. The highest BCUT2D eigenvalue weighted by Crippen LogP contribution is 2.16. The molecule has 0 heterocycles. The minimum Gasteiger partial charge on any atom is -0.748 e. The van der Waals surface area contributed by atoms with Gasteiger partial charge in [0.25, 0.3) is 0 Å². The maximum Gasteiger partial charge on any atom is 0.223 e. The number of hydrogen-bond donors (Lipinski definition) is 1. The van der Waals surface area contributed by atoms with Crippen molar-refractivity contribution in [3.8, 4) is 0 Å². The Morgan fingerprint density at radius 1 is 1.32 bits per heavy atom. The summed E-state index contributed by atoms with van der Waals surface area (Å²) in [6.45, 7) is 3.62. The summed E-state index contributed by atoms with van der Waals surface area (Å²) < 4.78 is 32.8. The second-order valence-electron chi connectivity index (χ2n) is 4.51. The highest BCUT2D eigenvalue weighted by molar-refractivity contribution is 7.85. The Morgan fingerprint density at radius 2 is 1.89 bits per heavy atom. The zero-order chi connectivity index (χ0) is 14.5. The van der Waals surface area contributed by atoms with Gasteiger partial charge in [-0.3, -0.25) is 4.79 Å². The van der Waals surface area contributed by atoms with Gasteiger partial charge in [0, 0.05) is 5.92 Å². The van der Waals surface area contributed by atoms with Crippen LogP contribution in [-0.4, -0.2) is 24.6 Å². The second-order valence-corrected chi connectivity index (χ2v) is 5.95. The molecule has 1 aromatic rings. The van der Waals surface area contributed by atoms with Crippen molar-refractivity contribution in [1.29, 1.82) is 0 Å². The quantitative estimate of drug-likeness (QED) is 0.801. The highest BCUT2D eigenvalue weighted by Gasteiger charge is 2.19. The van der Waals surface area contributed by atoms with Crippen molar-refractivity contribution in [1.82, 2.24) is 5.32 Å². The van der Waals surface area contributed by atoms with Crippen LogP contribution in [0.2, 0.25) is 0 Å². The van der Waals surface area contributed by atoms with E-state index in [1.807, 2.05) is 6.92 Å². The lowest BCUT2D eigenvalue weighted by atomic mass is 10.1. The highest BCUT2D eigenvalue weighted by atomic mass is 32.2. The van der Waals surface area contributed by atoms with E-state index in [1.54, 1.807) is 37.3 Å². The standard InChI is InChI=1S/C13H19NO4S/c1-3-10(2)13(15)14-12(9-19(16,17)18)11-7-5-4-6-8-11/h4-8,10,12H,3,9H2,1-2H3,(H,14,15)(H,16,17,18)/p-1. The van der Waals surface area contributed by atoms with E-state index in [-0.39, 0.29) is 11.8 Å². The summed E-state index contributed by atoms with van der Waals surface area (Å²) in [6, 6.07) is 7.82. The van der Waals surface area contributed by atoms with Gasteiger partial charge in [0.05, 0.1) is 21.9 Å². The fourth-order valence-electron chi connectivity index (χ4n) is 1.61. The summed E-state index contributed by atoms with van der Waals surface area (Å²) in [7, 11) is -4.41. The van der Waals surface area contributed by atoms with E-state index >= 15 is 0 Å². The first kappa shape index (κ1) is 15.7. The van der Waals surface area contributed by atoms with Gasteiger partial charge in [0.15, 0.2) is 0 Å². The number of carbonyl (C=O) groups excluding carboxylic acids is 1. The predicted octanol–water partition coefficient (Wildman–Crippen LogP) is 1.44. The van der Waals surface area contributed by atoms with Crippen molar-refractivity contribution < 1.29 is 17.8 Å². The van der Waals surface area contributed by atoms with E-state index in [0.29, 0.717) is 12.0 Å². The van der Waals surface area contributed by atoms with Gasteiger partial charge >= 0.3 is 0 Å². The maximum absolute atomic E-state index is 11.8. The molecule has 0 spiro atoms. The Labute approximate surface area is 113 Å². The molecule has 0 aliphatic carbocycles. The van der Waals surface area contributed by atoms with Crippen molar-refractivity contribution in [2.75, 3.05) is 5.75 Å². The summed E-state index contributed by atoms with van der Waals surface area (Å²) in [6.07, 6.45) is 0.650. The van der Waals surface area contributed by atoms with Gasteiger partial charge in [0.2, 0.25) is 5.91 Å². The molecule has 0 aliphatic heterocycles. The molecule has 1 aromatic carbocycles. The SMILES string of the molecule is CCC(C)C(=O)NC(CS(=O)(=O)[O-])c1ccccc1. The van der Waals surface area contributed by atoms with E-state index in [1.165, 1.54) is 0 Å². The van der Waals surface area contributed by atoms with Gasteiger partial charge in [-0.15, -0.1) is 0 Å². The smallest absolute Gasteiger partial charge is 0.223 e. The number of benzene rings is 1. The lowest BCUT2D eigenvalue weighted by Gasteiger charge is -2.22. The van der Waals surface area contributed by atoms with Crippen LogP contribution in [0.5, 0.6) is 0 Å². The van der Waals surface area contributed by atoms with Crippen molar-refractivity contribution in [2.45, 2.75) is 26.3 Å². The normalized spacial score (nSPS) is 14.7. The molecule has 19 heavy (non-hydrogen) atoms. The van der Waals surface area contributed by atoms with Gasteiger partial charge < -0.3 is 9.87 Å². The number of amides is 1. The second kappa shape index (κ2) is 6.68. The molecule has 2 unspecified atom stereocenters. The molecule has 6 heteroatoms. The Bertz CT molecular complexity index is 513. The summed E-state index contributed by atoms with van der Waals surface area (Å²) in [5.74, 6) is -1.11. The first-order valence-electron chi connectivity index (χ1n) is 6.12. The third-order valence-electron chi connectivity index (χ3n) is 2.95. The van der Waals surface area contributed by atoms with Crippen LogP contribution in [0.1, 0.15) is 31.9 Å². The molecular weight excluding hydrogens is 266 g/mol. The summed E-state index contributed by atoms with van der Waals surface area (Å²) in [5, 5.41) is 2.62. The molecule has 0 aromatic heterocycles. The molecule has 1 N–H and O–H groups in total. The average molecular weight is 284 g/mol. The lowest BCUT2D eigenvalue weighted by molar-refractivity contribution is -0.125. The Balaban J connectivity index is 2.91. The third kappa shape index (κ3) is 5.40. The van der Waals surface area contributed by atoms with E-state index in [9.17, 15) is 17.8 Å². The lowest BCUT2D eigenvalue weighted by Crippen LogP contribution is -2.36. The van der Waals surface area contributed by atoms with Gasteiger partial charge in [-0.25, -0.2) is 8.42 Å². The molecular formula is C13H18NO4S-. The average Bonchev–Trinajstić information content (AvgIpc) is 2.36. The van der Waals surface area contributed by atoms with Crippen LogP contribution >= 0.6 is 0 Å². The molecule has 5 nitrogen and oxygen atoms in total. The Kier molecular flexibility index (Phi) is 5.50. The minimum absolute atomic E-state index is 0.222. The molecule has 1 rings (SSSR count). The fraction of sp³-hybridized carbons (Fsp3) is 0.462. The van der Waals surface area contributed by atoms with Gasteiger partial charge in [-0.1, -0.05) is 44.2 Å². The first-order chi connectivity index (χ1) is 8.83. The van der Waals surface area contributed by atoms with Crippen LogP contribution in [-0.2, 0) is 14.9 Å². The molecule has 0 saturated carbocycles. The fourth-order valence-corrected chi connectivity index (χ4v) is 2.29. The van der Waals surface area contributed by atoms with Gasteiger partial charge in [0.1, 0.15) is 0 Å². The predicted molar refractivity (Wildman–Crippen MR) is 71.3 cm³/mol. The summed E-state index contributed by atoms with van der Waals surface area (Å²) in [5.41, 5.74) is 0.610. The number of carbonyl (C=O) groups is 1. The zero-order valence-electron chi connectivity index (χ0n) is 11.0. The zero-order valence-corrected chi connectivity index (χ0v) is 11.8. The van der Waals surface area contributed by atoms with Crippen LogP contribution in [0.4, 0.5) is 0 Å². The van der Waals surface area contributed by atoms with E-state index in [2.05, 4.69) is 5.32 Å². The minimum atomic E-state index is -4.41. The number of hydrogen-bond acceptors (Lipinski definition) is 4. The van der Waals surface area contributed by atoms with E-state index in [4.69, 9.17) is 0 Å². The molecule has 1 amide bonds. The number of rotatable bonds is 6. The Hall–Kier alpha value is -1.40. The first-order valence-corrected chi connectivity index (χ1v) is 7.70. The molecule has 106 valence electrons. The van der Waals surface area contributed by atoms with Crippen molar-refractivity contribution in [3.05, 3.63) is 35.9 Å². The van der Waals surface area contributed by atoms with E-state index in [0.717, 1.165) is 0 Å². The largest absolute Gasteiger partial charge is 0.748 e. The summed E-state index contributed by atoms with van der Waals surface area (Å²) in [4.78, 5) is 11.8. The molecule has 2 atom stereocenters. The van der Waals surface area contributed by atoms with Gasteiger partial charge in [-0.05, 0) is 12.0 Å². The molecule has 0 bridgehead atoms. The molecule has 0 radical (unpaired) electrons. The van der Waals surface area contributed by atoms with Crippen LogP contribution < -0.4 is 5.32 Å². The van der Waals surface area contributed by atoms with Crippen LogP contribution in [0.15, 0.2) is 30.3 Å².